The summed E-state index contributed by atoms with van der Waals surface area (Å²) in [6, 6.07) is 5.90. The number of halogens is 1. The standard InChI is InChI=1S/C12H18BrNO2/c1-9(5-6-15-2)16-12-4-3-10(8-14)7-11(12)13/h3-4,7,9H,5-6,8,14H2,1-2H3. The average molecular weight is 288 g/mol. The molecule has 1 aromatic carbocycles. The number of benzene rings is 1. The molecule has 4 heteroatoms. The van der Waals surface area contributed by atoms with Gasteiger partial charge in [-0.2, -0.15) is 0 Å². The zero-order valence-electron chi connectivity index (χ0n) is 9.70. The van der Waals surface area contributed by atoms with Gasteiger partial charge in [0.2, 0.25) is 0 Å². The van der Waals surface area contributed by atoms with E-state index in [1.54, 1.807) is 7.11 Å². The van der Waals surface area contributed by atoms with Crippen molar-refractivity contribution >= 4 is 15.9 Å². The Balaban J connectivity index is 2.59. The fraction of sp³-hybridized carbons (Fsp3) is 0.500. The van der Waals surface area contributed by atoms with E-state index in [4.69, 9.17) is 15.2 Å². The Morgan fingerprint density at radius 3 is 2.75 bits per heavy atom. The first-order valence-electron chi connectivity index (χ1n) is 5.31. The van der Waals surface area contributed by atoms with Gasteiger partial charge in [0.15, 0.2) is 0 Å². The fourth-order valence-electron chi connectivity index (χ4n) is 1.33. The lowest BCUT2D eigenvalue weighted by Gasteiger charge is -2.15. The number of ether oxygens (including phenoxy) is 2. The van der Waals surface area contributed by atoms with Crippen LogP contribution in [0.3, 0.4) is 0 Å². The first kappa shape index (κ1) is 13.5. The van der Waals surface area contributed by atoms with Crippen molar-refractivity contribution in [3.63, 3.8) is 0 Å². The lowest BCUT2D eigenvalue weighted by atomic mass is 10.2. The summed E-state index contributed by atoms with van der Waals surface area (Å²) < 4.78 is 11.7. The van der Waals surface area contributed by atoms with Crippen molar-refractivity contribution in [1.82, 2.24) is 0 Å². The highest BCUT2D eigenvalue weighted by atomic mass is 79.9. The van der Waals surface area contributed by atoms with Crippen LogP contribution in [0.5, 0.6) is 5.75 Å². The molecule has 0 heterocycles. The Bertz CT molecular complexity index is 331. The second-order valence-corrected chi connectivity index (χ2v) is 4.53. The normalized spacial score (nSPS) is 12.5. The lowest BCUT2D eigenvalue weighted by Crippen LogP contribution is -2.14. The second kappa shape index (κ2) is 6.89. The topological polar surface area (TPSA) is 44.5 Å². The minimum absolute atomic E-state index is 0.139. The summed E-state index contributed by atoms with van der Waals surface area (Å²) in [6.45, 7) is 3.28. The molecule has 0 radical (unpaired) electrons. The molecule has 0 aliphatic heterocycles. The number of nitrogens with two attached hydrogens (primary N) is 1. The Kier molecular flexibility index (Phi) is 5.80. The lowest BCUT2D eigenvalue weighted by molar-refractivity contribution is 0.134. The van der Waals surface area contributed by atoms with Gasteiger partial charge in [-0.15, -0.1) is 0 Å². The first-order chi connectivity index (χ1) is 7.67. The molecular formula is C12H18BrNO2. The molecule has 0 fully saturated rings. The van der Waals surface area contributed by atoms with Gasteiger partial charge in [0.25, 0.3) is 0 Å². The number of hydrogen-bond donors (Lipinski definition) is 1. The average Bonchev–Trinajstić information content (AvgIpc) is 2.29. The zero-order chi connectivity index (χ0) is 12.0. The van der Waals surface area contributed by atoms with Crippen LogP contribution in [0.2, 0.25) is 0 Å². The van der Waals surface area contributed by atoms with Crippen molar-refractivity contribution in [3.8, 4) is 5.75 Å². The molecule has 0 spiro atoms. The summed E-state index contributed by atoms with van der Waals surface area (Å²) in [4.78, 5) is 0. The monoisotopic (exact) mass is 287 g/mol. The molecule has 1 aromatic rings. The highest BCUT2D eigenvalue weighted by molar-refractivity contribution is 9.10. The second-order valence-electron chi connectivity index (χ2n) is 3.68. The number of methoxy groups -OCH3 is 1. The molecule has 90 valence electrons. The fourth-order valence-corrected chi connectivity index (χ4v) is 1.85. The molecule has 16 heavy (non-hydrogen) atoms. The van der Waals surface area contributed by atoms with E-state index in [0.29, 0.717) is 13.2 Å². The quantitative estimate of drug-likeness (QED) is 0.875. The Hall–Kier alpha value is -0.580. The summed E-state index contributed by atoms with van der Waals surface area (Å²) in [5.41, 5.74) is 6.64. The summed E-state index contributed by atoms with van der Waals surface area (Å²) in [5.74, 6) is 0.848. The molecule has 1 unspecified atom stereocenters. The van der Waals surface area contributed by atoms with Crippen LogP contribution in [0.25, 0.3) is 0 Å². The largest absolute Gasteiger partial charge is 0.489 e. The van der Waals surface area contributed by atoms with Crippen molar-refractivity contribution in [1.29, 1.82) is 0 Å². The summed E-state index contributed by atoms with van der Waals surface area (Å²) in [7, 11) is 1.69. The van der Waals surface area contributed by atoms with Crippen LogP contribution < -0.4 is 10.5 Å². The van der Waals surface area contributed by atoms with Gasteiger partial charge >= 0.3 is 0 Å². The van der Waals surface area contributed by atoms with E-state index in [1.807, 2.05) is 25.1 Å². The van der Waals surface area contributed by atoms with Gasteiger partial charge in [-0.25, -0.2) is 0 Å². The van der Waals surface area contributed by atoms with Crippen LogP contribution >= 0.6 is 15.9 Å². The van der Waals surface area contributed by atoms with Crippen molar-refractivity contribution in [3.05, 3.63) is 28.2 Å². The zero-order valence-corrected chi connectivity index (χ0v) is 11.3. The third-order valence-electron chi connectivity index (χ3n) is 2.29. The molecule has 0 amide bonds. The van der Waals surface area contributed by atoms with Gasteiger partial charge in [-0.1, -0.05) is 6.07 Å². The van der Waals surface area contributed by atoms with E-state index in [2.05, 4.69) is 15.9 Å². The van der Waals surface area contributed by atoms with E-state index in [1.165, 1.54) is 0 Å². The Morgan fingerprint density at radius 2 is 2.19 bits per heavy atom. The molecule has 0 bridgehead atoms. The third kappa shape index (κ3) is 4.12. The maximum absolute atomic E-state index is 5.78. The number of rotatable bonds is 6. The molecule has 0 aliphatic rings. The SMILES string of the molecule is COCCC(C)Oc1ccc(CN)cc1Br. The van der Waals surface area contributed by atoms with Crippen LogP contribution in [0, 0.1) is 0 Å². The molecular weight excluding hydrogens is 270 g/mol. The van der Waals surface area contributed by atoms with Gasteiger partial charge in [-0.05, 0) is 40.5 Å². The molecule has 0 saturated carbocycles. The minimum atomic E-state index is 0.139. The first-order valence-corrected chi connectivity index (χ1v) is 6.10. The highest BCUT2D eigenvalue weighted by Crippen LogP contribution is 2.27. The minimum Gasteiger partial charge on any atom is -0.489 e. The van der Waals surface area contributed by atoms with E-state index in [-0.39, 0.29) is 6.10 Å². The number of hydrogen-bond acceptors (Lipinski definition) is 3. The van der Waals surface area contributed by atoms with E-state index in [0.717, 1.165) is 22.2 Å². The van der Waals surface area contributed by atoms with Crippen molar-refractivity contribution in [2.24, 2.45) is 5.73 Å². The van der Waals surface area contributed by atoms with Crippen LogP contribution in [0.1, 0.15) is 18.9 Å². The Morgan fingerprint density at radius 1 is 1.44 bits per heavy atom. The molecule has 2 N–H and O–H groups in total. The third-order valence-corrected chi connectivity index (χ3v) is 2.91. The van der Waals surface area contributed by atoms with Gasteiger partial charge in [0.1, 0.15) is 5.75 Å². The molecule has 0 saturated heterocycles. The maximum atomic E-state index is 5.78. The van der Waals surface area contributed by atoms with Gasteiger partial charge in [-0.3, -0.25) is 0 Å². The van der Waals surface area contributed by atoms with Gasteiger partial charge in [0.05, 0.1) is 10.6 Å². The molecule has 0 aromatic heterocycles. The summed E-state index contributed by atoms with van der Waals surface area (Å²) in [6.07, 6.45) is 1.02. The predicted octanol–water partition coefficient (Wildman–Crippen LogP) is 2.71. The maximum Gasteiger partial charge on any atom is 0.133 e. The summed E-state index contributed by atoms with van der Waals surface area (Å²) >= 11 is 3.47. The molecule has 1 atom stereocenters. The van der Waals surface area contributed by atoms with Crippen LogP contribution in [-0.4, -0.2) is 19.8 Å². The van der Waals surface area contributed by atoms with E-state index in [9.17, 15) is 0 Å². The van der Waals surface area contributed by atoms with Crippen LogP contribution in [0.4, 0.5) is 0 Å². The molecule has 1 rings (SSSR count). The van der Waals surface area contributed by atoms with Gasteiger partial charge < -0.3 is 15.2 Å². The Labute approximate surface area is 105 Å². The summed E-state index contributed by atoms with van der Waals surface area (Å²) in [5, 5.41) is 0. The van der Waals surface area contributed by atoms with E-state index >= 15 is 0 Å². The van der Waals surface area contributed by atoms with Crippen molar-refractivity contribution in [2.75, 3.05) is 13.7 Å². The van der Waals surface area contributed by atoms with Gasteiger partial charge in [0, 0.05) is 26.7 Å². The van der Waals surface area contributed by atoms with E-state index < -0.39 is 0 Å². The highest BCUT2D eigenvalue weighted by Gasteiger charge is 2.07. The van der Waals surface area contributed by atoms with Crippen LogP contribution in [0.15, 0.2) is 22.7 Å². The smallest absolute Gasteiger partial charge is 0.133 e. The van der Waals surface area contributed by atoms with Crippen LogP contribution in [-0.2, 0) is 11.3 Å². The van der Waals surface area contributed by atoms with Crippen molar-refractivity contribution < 1.29 is 9.47 Å². The predicted molar refractivity (Wildman–Crippen MR) is 68.6 cm³/mol. The van der Waals surface area contributed by atoms with Crippen molar-refractivity contribution in [2.45, 2.75) is 26.0 Å². The molecule has 3 nitrogen and oxygen atoms in total. The molecule has 0 aliphatic carbocycles.